The fourth-order valence-corrected chi connectivity index (χ4v) is 4.07. The molecule has 0 spiro atoms. The monoisotopic (exact) mass is 311 g/mol. The number of aromatic carboxylic acids is 1. The SMILES string of the molecule is CC1CCC(NS(=O)(=O)c2cccc(C(=O)O)c2)CC1C. The first-order chi connectivity index (χ1) is 9.79. The van der Waals surface area contributed by atoms with Crippen LogP contribution >= 0.6 is 0 Å². The van der Waals surface area contributed by atoms with Crippen LogP contribution in [0.2, 0.25) is 0 Å². The van der Waals surface area contributed by atoms with Crippen LogP contribution in [0.15, 0.2) is 29.2 Å². The minimum absolute atomic E-state index is 0.00803. The van der Waals surface area contributed by atoms with Gasteiger partial charge < -0.3 is 5.11 Å². The Labute approximate surface area is 125 Å². The summed E-state index contributed by atoms with van der Waals surface area (Å²) in [4.78, 5) is 10.9. The van der Waals surface area contributed by atoms with Crippen molar-refractivity contribution in [1.82, 2.24) is 4.72 Å². The fraction of sp³-hybridized carbons (Fsp3) is 0.533. The lowest BCUT2D eigenvalue weighted by Crippen LogP contribution is -2.39. The summed E-state index contributed by atoms with van der Waals surface area (Å²) in [6.07, 6.45) is 2.64. The van der Waals surface area contributed by atoms with Gasteiger partial charge in [0.05, 0.1) is 10.5 Å². The van der Waals surface area contributed by atoms with Crippen LogP contribution < -0.4 is 4.72 Å². The van der Waals surface area contributed by atoms with E-state index >= 15 is 0 Å². The Balaban J connectivity index is 2.15. The summed E-state index contributed by atoms with van der Waals surface area (Å²) < 4.78 is 27.4. The maximum absolute atomic E-state index is 12.4. The van der Waals surface area contributed by atoms with Gasteiger partial charge in [-0.1, -0.05) is 19.9 Å². The number of hydrogen-bond donors (Lipinski definition) is 2. The number of carbonyl (C=O) groups is 1. The van der Waals surface area contributed by atoms with Crippen molar-refractivity contribution in [3.05, 3.63) is 29.8 Å². The minimum Gasteiger partial charge on any atom is -0.478 e. The first-order valence-electron chi connectivity index (χ1n) is 7.15. The smallest absolute Gasteiger partial charge is 0.335 e. The molecule has 1 aromatic rings. The quantitative estimate of drug-likeness (QED) is 0.895. The zero-order valence-corrected chi connectivity index (χ0v) is 13.1. The van der Waals surface area contributed by atoms with Gasteiger partial charge in [0.2, 0.25) is 10.0 Å². The standard InChI is InChI=1S/C15H21NO4S/c1-10-6-7-13(8-11(10)2)16-21(19,20)14-5-3-4-12(9-14)15(17)18/h3-5,9-11,13,16H,6-8H2,1-2H3,(H,17,18). The third kappa shape index (κ3) is 3.83. The van der Waals surface area contributed by atoms with E-state index in [1.54, 1.807) is 0 Å². The molecule has 1 aliphatic carbocycles. The van der Waals surface area contributed by atoms with Gasteiger partial charge >= 0.3 is 5.97 Å². The summed E-state index contributed by atoms with van der Waals surface area (Å²) in [7, 11) is -3.67. The molecule has 1 saturated carbocycles. The lowest BCUT2D eigenvalue weighted by atomic mass is 9.79. The van der Waals surface area contributed by atoms with Gasteiger partial charge in [0.25, 0.3) is 0 Å². The topological polar surface area (TPSA) is 83.5 Å². The molecular weight excluding hydrogens is 290 g/mol. The van der Waals surface area contributed by atoms with Gasteiger partial charge in [-0.05, 0) is 49.3 Å². The molecule has 3 unspecified atom stereocenters. The van der Waals surface area contributed by atoms with E-state index in [-0.39, 0.29) is 16.5 Å². The highest BCUT2D eigenvalue weighted by molar-refractivity contribution is 7.89. The highest BCUT2D eigenvalue weighted by Gasteiger charge is 2.28. The maximum atomic E-state index is 12.4. The number of benzene rings is 1. The van der Waals surface area contributed by atoms with Crippen molar-refractivity contribution in [3.8, 4) is 0 Å². The zero-order chi connectivity index (χ0) is 15.6. The first-order valence-corrected chi connectivity index (χ1v) is 8.63. The maximum Gasteiger partial charge on any atom is 0.335 e. The normalized spacial score (nSPS) is 26.5. The van der Waals surface area contributed by atoms with Gasteiger partial charge in [0, 0.05) is 6.04 Å². The molecule has 21 heavy (non-hydrogen) atoms. The van der Waals surface area contributed by atoms with E-state index in [2.05, 4.69) is 18.6 Å². The molecule has 0 aromatic heterocycles. The molecule has 116 valence electrons. The van der Waals surface area contributed by atoms with E-state index < -0.39 is 16.0 Å². The molecule has 6 heteroatoms. The van der Waals surface area contributed by atoms with Gasteiger partial charge in [0.15, 0.2) is 0 Å². The highest BCUT2D eigenvalue weighted by Crippen LogP contribution is 2.30. The Morgan fingerprint density at radius 2 is 1.95 bits per heavy atom. The average molecular weight is 311 g/mol. The van der Waals surface area contributed by atoms with Crippen molar-refractivity contribution in [3.63, 3.8) is 0 Å². The zero-order valence-electron chi connectivity index (χ0n) is 12.2. The summed E-state index contributed by atoms with van der Waals surface area (Å²) >= 11 is 0. The van der Waals surface area contributed by atoms with Gasteiger partial charge in [-0.25, -0.2) is 17.9 Å². The van der Waals surface area contributed by atoms with Crippen LogP contribution in [0.25, 0.3) is 0 Å². The van der Waals surface area contributed by atoms with Gasteiger partial charge in [-0.2, -0.15) is 0 Å². The van der Waals surface area contributed by atoms with E-state index in [4.69, 9.17) is 5.11 Å². The third-order valence-electron chi connectivity index (χ3n) is 4.31. The second-order valence-corrected chi connectivity index (χ2v) is 7.63. The van der Waals surface area contributed by atoms with Crippen molar-refractivity contribution in [1.29, 1.82) is 0 Å². The molecular formula is C15H21NO4S. The molecule has 1 aromatic carbocycles. The molecule has 5 nitrogen and oxygen atoms in total. The summed E-state index contributed by atoms with van der Waals surface area (Å²) in [5.41, 5.74) is -0.0245. The Morgan fingerprint density at radius 1 is 1.24 bits per heavy atom. The van der Waals surface area contributed by atoms with Gasteiger partial charge in [-0.3, -0.25) is 0 Å². The second-order valence-electron chi connectivity index (χ2n) is 5.92. The highest BCUT2D eigenvalue weighted by atomic mass is 32.2. The van der Waals surface area contributed by atoms with Crippen LogP contribution in [0.5, 0.6) is 0 Å². The number of carboxylic acids is 1. The largest absolute Gasteiger partial charge is 0.478 e. The van der Waals surface area contributed by atoms with E-state index in [0.29, 0.717) is 11.8 Å². The predicted octanol–water partition coefficient (Wildman–Crippen LogP) is 2.49. The lowest BCUT2D eigenvalue weighted by molar-refractivity contribution is 0.0696. The average Bonchev–Trinajstić information content (AvgIpc) is 2.43. The molecule has 2 rings (SSSR count). The number of sulfonamides is 1. The summed E-state index contributed by atoms with van der Waals surface area (Å²) in [5, 5.41) is 8.95. The molecule has 0 bridgehead atoms. The Kier molecular flexibility index (Phi) is 4.68. The van der Waals surface area contributed by atoms with Gasteiger partial charge in [-0.15, -0.1) is 0 Å². The molecule has 2 N–H and O–H groups in total. The molecule has 0 radical (unpaired) electrons. The van der Waals surface area contributed by atoms with E-state index in [1.165, 1.54) is 24.3 Å². The van der Waals surface area contributed by atoms with Crippen molar-refractivity contribution in [2.75, 3.05) is 0 Å². The van der Waals surface area contributed by atoms with E-state index in [0.717, 1.165) is 19.3 Å². The number of nitrogens with one attached hydrogen (secondary N) is 1. The predicted molar refractivity (Wildman–Crippen MR) is 79.7 cm³/mol. The molecule has 1 fully saturated rings. The van der Waals surface area contributed by atoms with Crippen molar-refractivity contribution >= 4 is 16.0 Å². The molecule has 0 amide bonds. The first kappa shape index (κ1) is 16.0. The Bertz CT molecular complexity index is 626. The summed E-state index contributed by atoms with van der Waals surface area (Å²) in [6, 6.07) is 5.37. The van der Waals surface area contributed by atoms with Crippen molar-refractivity contribution in [2.24, 2.45) is 11.8 Å². The molecule has 0 aliphatic heterocycles. The van der Waals surface area contributed by atoms with Crippen LogP contribution in [0.4, 0.5) is 0 Å². The summed E-state index contributed by atoms with van der Waals surface area (Å²) in [6.45, 7) is 4.32. The molecule has 1 aliphatic rings. The van der Waals surface area contributed by atoms with Crippen molar-refractivity contribution in [2.45, 2.75) is 44.0 Å². The molecule has 0 saturated heterocycles. The minimum atomic E-state index is -3.67. The Morgan fingerprint density at radius 3 is 2.57 bits per heavy atom. The number of carboxylic acid groups (broad SMARTS) is 1. The van der Waals surface area contributed by atoms with Gasteiger partial charge in [0.1, 0.15) is 0 Å². The lowest BCUT2D eigenvalue weighted by Gasteiger charge is -2.32. The van der Waals surface area contributed by atoms with Crippen LogP contribution in [0, 0.1) is 11.8 Å². The number of rotatable bonds is 4. The Hall–Kier alpha value is -1.40. The second kappa shape index (κ2) is 6.15. The van der Waals surface area contributed by atoms with Crippen LogP contribution in [0.3, 0.4) is 0 Å². The van der Waals surface area contributed by atoms with E-state index in [1.807, 2.05) is 0 Å². The molecule has 3 atom stereocenters. The fourth-order valence-electron chi connectivity index (χ4n) is 2.74. The summed E-state index contributed by atoms with van der Waals surface area (Å²) in [5.74, 6) is -0.0370. The molecule has 0 heterocycles. The third-order valence-corrected chi connectivity index (χ3v) is 5.83. The number of hydrogen-bond acceptors (Lipinski definition) is 3. The van der Waals surface area contributed by atoms with Crippen LogP contribution in [-0.4, -0.2) is 25.5 Å². The van der Waals surface area contributed by atoms with E-state index in [9.17, 15) is 13.2 Å². The van der Waals surface area contributed by atoms with Crippen LogP contribution in [0.1, 0.15) is 43.5 Å². The van der Waals surface area contributed by atoms with Crippen molar-refractivity contribution < 1.29 is 18.3 Å². The van der Waals surface area contributed by atoms with Crippen LogP contribution in [-0.2, 0) is 10.0 Å².